The first-order valence-corrected chi connectivity index (χ1v) is 17.6. The average molecular weight is 682 g/mol. The Balaban J connectivity index is 1.75. The molecule has 13 heteroatoms. The minimum absolute atomic E-state index is 0.0488. The number of carbonyl (C=O) groups excluding carboxylic acids is 6. The summed E-state index contributed by atoms with van der Waals surface area (Å²) in [5.41, 5.74) is 0.264. The van der Waals surface area contributed by atoms with Crippen molar-refractivity contribution in [3.8, 4) is 0 Å². The number of nitrogens with zero attached hydrogens (tertiary/aromatic N) is 2. The summed E-state index contributed by atoms with van der Waals surface area (Å²) < 4.78 is 0. The van der Waals surface area contributed by atoms with Crippen LogP contribution in [-0.2, 0) is 35.2 Å². The molecule has 4 rings (SSSR count). The van der Waals surface area contributed by atoms with E-state index in [1.807, 2.05) is 69.9 Å². The highest BCUT2D eigenvalue weighted by Gasteiger charge is 2.60. The van der Waals surface area contributed by atoms with E-state index in [4.69, 9.17) is 0 Å². The first-order chi connectivity index (χ1) is 23.1. The molecule has 3 saturated heterocycles. The van der Waals surface area contributed by atoms with Gasteiger partial charge in [0.15, 0.2) is 0 Å². The molecule has 6 atom stereocenters. The van der Waals surface area contributed by atoms with Gasteiger partial charge in [0.25, 0.3) is 0 Å². The molecule has 0 unspecified atom stereocenters. The van der Waals surface area contributed by atoms with Gasteiger partial charge in [-0.05, 0) is 70.4 Å². The Morgan fingerprint density at radius 1 is 0.857 bits per heavy atom. The molecule has 1 aromatic rings. The van der Waals surface area contributed by atoms with Gasteiger partial charge in [0, 0.05) is 12.0 Å². The van der Waals surface area contributed by atoms with Crippen molar-refractivity contribution in [2.24, 2.45) is 11.8 Å². The van der Waals surface area contributed by atoms with Gasteiger partial charge in [0.05, 0.1) is 31.2 Å². The van der Waals surface area contributed by atoms with Crippen LogP contribution in [0.3, 0.4) is 0 Å². The highest BCUT2D eigenvalue weighted by Crippen LogP contribution is 2.41. The molecule has 0 aromatic heterocycles. The van der Waals surface area contributed by atoms with Crippen LogP contribution < -0.4 is 26.6 Å². The number of rotatable bonds is 7. The van der Waals surface area contributed by atoms with E-state index in [0.29, 0.717) is 32.2 Å². The number of benzene rings is 1. The summed E-state index contributed by atoms with van der Waals surface area (Å²) in [6.07, 6.45) is 2.28. The van der Waals surface area contributed by atoms with Gasteiger partial charge in [0.1, 0.15) is 18.1 Å². The summed E-state index contributed by atoms with van der Waals surface area (Å²) >= 11 is 0. The predicted octanol–water partition coefficient (Wildman–Crippen LogP) is 0.864. The molecule has 270 valence electrons. The van der Waals surface area contributed by atoms with Gasteiger partial charge in [-0.25, -0.2) is 0 Å². The minimum Gasteiger partial charge on any atom is -0.350 e. The molecule has 0 radical (unpaired) electrons. The third-order valence-electron chi connectivity index (χ3n) is 9.12. The van der Waals surface area contributed by atoms with Crippen LogP contribution in [0, 0.1) is 11.8 Å². The Bertz CT molecular complexity index is 1380. The fraction of sp³-hybridized carbons (Fsp3) is 0.667. The van der Waals surface area contributed by atoms with Crippen molar-refractivity contribution in [3.05, 3.63) is 35.9 Å². The number of hydrogen-bond acceptors (Lipinski definition) is 7. The fourth-order valence-corrected chi connectivity index (χ4v) is 7.06. The topological polar surface area (TPSA) is 169 Å². The molecular formula is C36H55N7O6. The molecule has 3 fully saturated rings. The summed E-state index contributed by atoms with van der Waals surface area (Å²) in [5.74, 6) is -2.36. The summed E-state index contributed by atoms with van der Waals surface area (Å²) in [4.78, 5) is 85.5. The van der Waals surface area contributed by atoms with Crippen LogP contribution >= 0.6 is 0 Å². The lowest BCUT2D eigenvalue weighted by molar-refractivity contribution is -0.136. The Kier molecular flexibility index (Phi) is 12.5. The van der Waals surface area contributed by atoms with Crippen LogP contribution in [0.25, 0.3) is 0 Å². The lowest BCUT2D eigenvalue weighted by Crippen LogP contribution is -2.60. The first kappa shape index (κ1) is 37.8. The third-order valence-corrected chi connectivity index (χ3v) is 9.12. The zero-order chi connectivity index (χ0) is 36.0. The third kappa shape index (κ3) is 10.3. The van der Waals surface area contributed by atoms with Crippen molar-refractivity contribution in [1.29, 1.82) is 0 Å². The summed E-state index contributed by atoms with van der Waals surface area (Å²) in [7, 11) is 0. The Morgan fingerprint density at radius 3 is 2.04 bits per heavy atom. The molecule has 6 amide bonds. The van der Waals surface area contributed by atoms with Crippen LogP contribution in [0.2, 0.25) is 0 Å². The fourth-order valence-electron chi connectivity index (χ4n) is 7.06. The number of nitrogens with one attached hydrogen (secondary N) is 5. The zero-order valence-corrected chi connectivity index (χ0v) is 30.0. The maximum atomic E-state index is 14.6. The van der Waals surface area contributed by atoms with E-state index in [0.717, 1.165) is 5.56 Å². The second kappa shape index (κ2) is 16.1. The molecular weight excluding hydrogens is 626 g/mol. The number of carbonyl (C=O) groups is 6. The second-order valence-corrected chi connectivity index (χ2v) is 15.5. The van der Waals surface area contributed by atoms with Crippen LogP contribution in [0.15, 0.2) is 30.3 Å². The van der Waals surface area contributed by atoms with Crippen molar-refractivity contribution in [2.45, 2.75) is 122 Å². The Morgan fingerprint density at radius 2 is 1.45 bits per heavy atom. The molecule has 0 saturated carbocycles. The van der Waals surface area contributed by atoms with Crippen molar-refractivity contribution < 1.29 is 28.8 Å². The molecule has 1 aromatic carbocycles. The van der Waals surface area contributed by atoms with E-state index in [1.165, 1.54) is 0 Å². The molecule has 3 aliphatic rings. The molecule has 0 bridgehead atoms. The van der Waals surface area contributed by atoms with E-state index < -0.39 is 60.0 Å². The quantitative estimate of drug-likeness (QED) is 0.266. The van der Waals surface area contributed by atoms with Gasteiger partial charge in [-0.15, -0.1) is 0 Å². The van der Waals surface area contributed by atoms with E-state index >= 15 is 0 Å². The van der Waals surface area contributed by atoms with Crippen molar-refractivity contribution >= 4 is 35.4 Å². The van der Waals surface area contributed by atoms with Gasteiger partial charge >= 0.3 is 0 Å². The van der Waals surface area contributed by atoms with E-state index in [9.17, 15) is 28.8 Å². The highest BCUT2D eigenvalue weighted by molar-refractivity contribution is 5.95. The largest absolute Gasteiger partial charge is 0.350 e. The van der Waals surface area contributed by atoms with Crippen molar-refractivity contribution in [2.75, 3.05) is 19.6 Å². The maximum absolute atomic E-state index is 14.6. The minimum atomic E-state index is -0.972. The molecule has 5 N–H and O–H groups in total. The van der Waals surface area contributed by atoms with Crippen molar-refractivity contribution in [1.82, 2.24) is 36.4 Å². The highest BCUT2D eigenvalue weighted by atomic mass is 16.2. The Labute approximate surface area is 290 Å². The van der Waals surface area contributed by atoms with Gasteiger partial charge < -0.3 is 31.5 Å². The molecule has 13 nitrogen and oxygen atoms in total. The standard InChI is InChI=1S/C36H55N7O6/c1-21(2)16-24-32(46)37-19-29(45)40-25(18-23-12-9-8-10-13-23)35(49)43-27(17-22(3)4)30(43)31(34(48)41-36(5,6)7)42-15-11-14-26(42)33(47)38-20-28(44)39-24/h8-10,12-13,21-22,24-27,30-31H,11,14-20H2,1-7H3,(H,37,46)(H,38,47)(H,39,44)(H,40,45)(H,41,48)/t24-,25-,26-,27+,30-,31+,43?/m0/s1. The summed E-state index contributed by atoms with van der Waals surface area (Å²) in [6.45, 7) is 13.3. The van der Waals surface area contributed by atoms with Crippen LogP contribution in [-0.4, -0.2) is 107 Å². The van der Waals surface area contributed by atoms with Crippen LogP contribution in [0.5, 0.6) is 0 Å². The Hall–Kier alpha value is -4.00. The lowest BCUT2D eigenvalue weighted by Gasteiger charge is -2.34. The molecule has 3 aliphatic heterocycles. The smallest absolute Gasteiger partial charge is 0.246 e. The van der Waals surface area contributed by atoms with Gasteiger partial charge in [0.2, 0.25) is 35.4 Å². The zero-order valence-electron chi connectivity index (χ0n) is 30.0. The maximum Gasteiger partial charge on any atom is 0.246 e. The normalized spacial score (nSPS) is 27.7. The van der Waals surface area contributed by atoms with Gasteiger partial charge in [-0.1, -0.05) is 58.0 Å². The van der Waals surface area contributed by atoms with Crippen molar-refractivity contribution in [3.63, 3.8) is 0 Å². The summed E-state index contributed by atoms with van der Waals surface area (Å²) in [5, 5.41) is 14.0. The number of fused-ring (bicyclic) bond motifs is 2. The lowest BCUT2D eigenvalue weighted by atomic mass is 9.99. The predicted molar refractivity (Wildman–Crippen MR) is 185 cm³/mol. The average Bonchev–Trinajstić information content (AvgIpc) is 3.45. The van der Waals surface area contributed by atoms with E-state index in [-0.39, 0.29) is 48.6 Å². The van der Waals surface area contributed by atoms with Gasteiger partial charge in [-0.2, -0.15) is 0 Å². The second-order valence-electron chi connectivity index (χ2n) is 15.5. The monoisotopic (exact) mass is 681 g/mol. The van der Waals surface area contributed by atoms with Crippen LogP contribution in [0.1, 0.15) is 79.7 Å². The molecule has 0 spiro atoms. The first-order valence-electron chi connectivity index (χ1n) is 17.6. The van der Waals surface area contributed by atoms with Gasteiger partial charge in [-0.3, -0.25) is 33.7 Å². The number of hydrogen-bond donors (Lipinski definition) is 5. The van der Waals surface area contributed by atoms with Crippen LogP contribution in [0.4, 0.5) is 0 Å². The van der Waals surface area contributed by atoms with E-state index in [2.05, 4.69) is 40.4 Å². The SMILES string of the molecule is CC(C)C[C@@H]1NC(=O)CNC(=O)[C@@H]2CCCN2[C@@H](C(=O)NC(C)(C)C)[C@@H]2[C@@H](CC(C)C)N2C(=O)[C@H](Cc2ccccc2)NC(=O)CNC1=O. The van der Waals surface area contributed by atoms with E-state index in [1.54, 1.807) is 4.90 Å². The molecule has 3 heterocycles. The number of amides is 6. The molecule has 0 aliphatic carbocycles. The summed E-state index contributed by atoms with van der Waals surface area (Å²) in [6, 6.07) is 5.08. The molecule has 49 heavy (non-hydrogen) atoms.